The average Bonchev–Trinajstić information content (AvgIpc) is 2.84. The third-order valence-corrected chi connectivity index (χ3v) is 2.77. The summed E-state index contributed by atoms with van der Waals surface area (Å²) in [5.74, 6) is 0.775. The van der Waals surface area contributed by atoms with Crippen LogP contribution in [0.2, 0.25) is 5.02 Å². The summed E-state index contributed by atoms with van der Waals surface area (Å²) in [5, 5.41) is 3.94. The second-order valence-corrected chi connectivity index (χ2v) is 4.24. The Balaban J connectivity index is 2.05. The molecule has 2 aromatic rings. The third kappa shape index (κ3) is 3.32. The van der Waals surface area contributed by atoms with Crippen molar-refractivity contribution in [1.29, 1.82) is 0 Å². The van der Waals surface area contributed by atoms with Crippen LogP contribution >= 0.6 is 11.6 Å². The van der Waals surface area contributed by atoms with E-state index in [9.17, 15) is 0 Å². The van der Waals surface area contributed by atoms with Crippen LogP contribution < -0.4 is 5.32 Å². The van der Waals surface area contributed by atoms with Crippen LogP contribution in [-0.4, -0.2) is 25.2 Å². The summed E-state index contributed by atoms with van der Waals surface area (Å²) in [6.45, 7) is 2.11. The fourth-order valence-corrected chi connectivity index (χ4v) is 1.74. The van der Waals surface area contributed by atoms with E-state index in [4.69, 9.17) is 20.8 Å². The van der Waals surface area contributed by atoms with Crippen molar-refractivity contribution in [2.45, 2.75) is 6.54 Å². The van der Waals surface area contributed by atoms with E-state index in [-0.39, 0.29) is 0 Å². The minimum Gasteiger partial charge on any atom is -0.443 e. The highest BCUT2D eigenvalue weighted by Gasteiger charge is 2.10. The first-order chi connectivity index (χ1) is 8.81. The van der Waals surface area contributed by atoms with Crippen LogP contribution in [-0.2, 0) is 11.3 Å². The molecular formula is C13H15ClN2O2. The number of methoxy groups -OCH3 is 1. The van der Waals surface area contributed by atoms with Crippen molar-refractivity contribution in [2.75, 3.05) is 20.3 Å². The number of nitrogens with zero attached hydrogens (tertiary/aromatic N) is 1. The van der Waals surface area contributed by atoms with Crippen LogP contribution in [0.15, 0.2) is 35.1 Å². The van der Waals surface area contributed by atoms with E-state index >= 15 is 0 Å². The van der Waals surface area contributed by atoms with Gasteiger partial charge in [0, 0.05) is 30.8 Å². The number of rotatable bonds is 6. The van der Waals surface area contributed by atoms with Crippen molar-refractivity contribution in [1.82, 2.24) is 10.3 Å². The Morgan fingerprint density at radius 1 is 1.33 bits per heavy atom. The molecule has 18 heavy (non-hydrogen) atoms. The number of hydrogen-bond donors (Lipinski definition) is 1. The monoisotopic (exact) mass is 266 g/mol. The summed E-state index contributed by atoms with van der Waals surface area (Å²) in [4.78, 5) is 4.21. The number of halogens is 1. The molecule has 0 unspecified atom stereocenters. The maximum Gasteiger partial charge on any atom is 0.181 e. The largest absolute Gasteiger partial charge is 0.443 e. The molecular weight excluding hydrogens is 252 g/mol. The molecule has 0 saturated carbocycles. The highest BCUT2D eigenvalue weighted by molar-refractivity contribution is 6.30. The van der Waals surface area contributed by atoms with Crippen molar-refractivity contribution in [2.24, 2.45) is 0 Å². The molecule has 0 amide bonds. The van der Waals surface area contributed by atoms with Crippen molar-refractivity contribution < 1.29 is 9.15 Å². The average molecular weight is 267 g/mol. The van der Waals surface area contributed by atoms with Gasteiger partial charge in [-0.05, 0) is 24.3 Å². The molecule has 4 nitrogen and oxygen atoms in total. The molecule has 0 aliphatic rings. The Kier molecular flexibility index (Phi) is 4.75. The molecule has 1 heterocycles. The SMILES string of the molecule is COCCNCc1ncoc1-c1ccc(Cl)cc1. The van der Waals surface area contributed by atoms with Crippen LogP contribution in [0.1, 0.15) is 5.69 Å². The van der Waals surface area contributed by atoms with E-state index in [1.54, 1.807) is 7.11 Å². The minimum absolute atomic E-state index is 0.651. The zero-order valence-electron chi connectivity index (χ0n) is 10.1. The standard InChI is InChI=1S/C13H15ClN2O2/c1-17-7-6-15-8-12-13(18-9-16-12)10-2-4-11(14)5-3-10/h2-5,9,15H,6-8H2,1H3. The van der Waals surface area contributed by atoms with Gasteiger partial charge in [-0.2, -0.15) is 0 Å². The first-order valence-corrected chi connectivity index (χ1v) is 6.07. The number of ether oxygens (including phenoxy) is 1. The van der Waals surface area contributed by atoms with Gasteiger partial charge in [-0.15, -0.1) is 0 Å². The normalized spacial score (nSPS) is 10.8. The Bertz CT molecular complexity index is 482. The molecule has 0 aliphatic heterocycles. The second-order valence-electron chi connectivity index (χ2n) is 3.80. The van der Waals surface area contributed by atoms with E-state index in [0.29, 0.717) is 18.2 Å². The smallest absolute Gasteiger partial charge is 0.181 e. The summed E-state index contributed by atoms with van der Waals surface area (Å²) in [6.07, 6.45) is 1.46. The highest BCUT2D eigenvalue weighted by Crippen LogP contribution is 2.24. The predicted molar refractivity (Wildman–Crippen MR) is 70.5 cm³/mol. The maximum absolute atomic E-state index is 5.86. The lowest BCUT2D eigenvalue weighted by atomic mass is 10.1. The fraction of sp³-hybridized carbons (Fsp3) is 0.308. The molecule has 0 saturated heterocycles. The van der Waals surface area contributed by atoms with Gasteiger partial charge in [0.05, 0.1) is 6.61 Å². The van der Waals surface area contributed by atoms with Gasteiger partial charge in [-0.25, -0.2) is 4.98 Å². The summed E-state index contributed by atoms with van der Waals surface area (Å²) >= 11 is 5.86. The molecule has 1 aromatic heterocycles. The van der Waals surface area contributed by atoms with Crippen LogP contribution in [0.3, 0.4) is 0 Å². The van der Waals surface area contributed by atoms with Crippen LogP contribution in [0.5, 0.6) is 0 Å². The molecule has 0 bridgehead atoms. The molecule has 0 atom stereocenters. The van der Waals surface area contributed by atoms with Gasteiger partial charge in [0.2, 0.25) is 0 Å². The second kappa shape index (κ2) is 6.54. The van der Waals surface area contributed by atoms with Gasteiger partial charge in [-0.3, -0.25) is 0 Å². The van der Waals surface area contributed by atoms with Crippen LogP contribution in [0.25, 0.3) is 11.3 Å². The number of benzene rings is 1. The lowest BCUT2D eigenvalue weighted by molar-refractivity contribution is 0.199. The third-order valence-electron chi connectivity index (χ3n) is 2.52. The molecule has 5 heteroatoms. The lowest BCUT2D eigenvalue weighted by Gasteiger charge is -2.03. The number of oxazole rings is 1. The van der Waals surface area contributed by atoms with E-state index in [2.05, 4.69) is 10.3 Å². The topological polar surface area (TPSA) is 47.3 Å². The van der Waals surface area contributed by atoms with Gasteiger partial charge in [0.25, 0.3) is 0 Å². The fourth-order valence-electron chi connectivity index (χ4n) is 1.61. The van der Waals surface area contributed by atoms with Gasteiger partial charge in [-0.1, -0.05) is 11.6 Å². The molecule has 0 aliphatic carbocycles. The van der Waals surface area contributed by atoms with Gasteiger partial charge >= 0.3 is 0 Å². The van der Waals surface area contributed by atoms with Crippen molar-refractivity contribution in [3.8, 4) is 11.3 Å². The van der Waals surface area contributed by atoms with E-state index < -0.39 is 0 Å². The summed E-state index contributed by atoms with van der Waals surface area (Å²) in [6, 6.07) is 7.51. The van der Waals surface area contributed by atoms with E-state index in [0.717, 1.165) is 23.6 Å². The molecule has 1 aromatic carbocycles. The summed E-state index contributed by atoms with van der Waals surface area (Å²) in [7, 11) is 1.68. The Morgan fingerprint density at radius 2 is 2.11 bits per heavy atom. The first-order valence-electron chi connectivity index (χ1n) is 5.69. The predicted octanol–water partition coefficient (Wildman–Crippen LogP) is 2.73. The van der Waals surface area contributed by atoms with Crippen LogP contribution in [0.4, 0.5) is 0 Å². The van der Waals surface area contributed by atoms with E-state index in [1.165, 1.54) is 6.39 Å². The van der Waals surface area contributed by atoms with Crippen molar-refractivity contribution in [3.05, 3.63) is 41.4 Å². The highest BCUT2D eigenvalue weighted by atomic mass is 35.5. The Morgan fingerprint density at radius 3 is 2.83 bits per heavy atom. The zero-order chi connectivity index (χ0) is 12.8. The quantitative estimate of drug-likeness (QED) is 0.817. The molecule has 1 N–H and O–H groups in total. The number of aromatic nitrogens is 1. The summed E-state index contributed by atoms with van der Waals surface area (Å²) in [5.41, 5.74) is 1.86. The van der Waals surface area contributed by atoms with Crippen molar-refractivity contribution in [3.63, 3.8) is 0 Å². The van der Waals surface area contributed by atoms with Gasteiger partial charge < -0.3 is 14.5 Å². The molecule has 96 valence electrons. The van der Waals surface area contributed by atoms with Gasteiger partial charge in [0.1, 0.15) is 5.69 Å². The molecule has 0 fully saturated rings. The maximum atomic E-state index is 5.86. The van der Waals surface area contributed by atoms with Gasteiger partial charge in [0.15, 0.2) is 12.2 Å². The molecule has 0 spiro atoms. The lowest BCUT2D eigenvalue weighted by Crippen LogP contribution is -2.19. The molecule has 0 radical (unpaired) electrons. The number of hydrogen-bond acceptors (Lipinski definition) is 4. The summed E-state index contributed by atoms with van der Waals surface area (Å²) < 4.78 is 10.4. The number of nitrogens with one attached hydrogen (secondary N) is 1. The Labute approximate surface area is 111 Å². The first kappa shape index (κ1) is 13.1. The van der Waals surface area contributed by atoms with E-state index in [1.807, 2.05) is 24.3 Å². The zero-order valence-corrected chi connectivity index (χ0v) is 10.9. The Hall–Kier alpha value is -1.36. The molecule has 2 rings (SSSR count). The van der Waals surface area contributed by atoms with Crippen LogP contribution in [0, 0.1) is 0 Å². The minimum atomic E-state index is 0.651. The van der Waals surface area contributed by atoms with Crippen molar-refractivity contribution >= 4 is 11.6 Å².